The summed E-state index contributed by atoms with van der Waals surface area (Å²) in [7, 11) is 0. The van der Waals surface area contributed by atoms with Gasteiger partial charge in [0.05, 0.1) is 11.6 Å². The Labute approximate surface area is 118 Å². The largest absolute Gasteiger partial charge is 0.481 e. The second-order valence-corrected chi connectivity index (χ2v) is 5.32. The Balaban J connectivity index is 1.98. The van der Waals surface area contributed by atoms with Gasteiger partial charge >= 0.3 is 12.0 Å². The van der Waals surface area contributed by atoms with Gasteiger partial charge in [-0.1, -0.05) is 0 Å². The maximum absolute atomic E-state index is 11.9. The Bertz CT molecular complexity index is 521. The summed E-state index contributed by atoms with van der Waals surface area (Å²) in [6.45, 7) is 2.53. The van der Waals surface area contributed by atoms with Crippen molar-refractivity contribution in [2.75, 3.05) is 18.4 Å². The van der Waals surface area contributed by atoms with E-state index in [-0.39, 0.29) is 12.6 Å². The number of likely N-dealkylation sites (tertiary alicyclic amines) is 1. The summed E-state index contributed by atoms with van der Waals surface area (Å²) < 4.78 is 0.873. The Hall–Kier alpha value is -1.63. The molecule has 2 amide bonds. The van der Waals surface area contributed by atoms with Gasteiger partial charge in [-0.25, -0.2) is 9.78 Å². The van der Waals surface area contributed by atoms with Crippen LogP contribution in [0.3, 0.4) is 0 Å². The normalized spacial score (nSPS) is 18.4. The van der Waals surface area contributed by atoms with E-state index in [2.05, 4.69) is 26.2 Å². The zero-order chi connectivity index (χ0) is 14.0. The average Bonchev–Trinajstić information content (AvgIpc) is 2.83. The highest BCUT2D eigenvalue weighted by molar-refractivity contribution is 9.10. The number of aryl methyl sites for hydroxylation is 1. The van der Waals surface area contributed by atoms with E-state index in [9.17, 15) is 9.59 Å². The topological polar surface area (TPSA) is 82.5 Å². The fourth-order valence-electron chi connectivity index (χ4n) is 1.95. The summed E-state index contributed by atoms with van der Waals surface area (Å²) in [6.07, 6.45) is 0.496. The van der Waals surface area contributed by atoms with Crippen LogP contribution < -0.4 is 5.32 Å². The molecule has 1 fully saturated rings. The quantitative estimate of drug-likeness (QED) is 0.871. The van der Waals surface area contributed by atoms with Crippen LogP contribution in [0.25, 0.3) is 0 Å². The molecule has 1 aliphatic rings. The molecule has 2 heterocycles. The molecule has 0 bridgehead atoms. The number of carbonyl (C=O) groups is 2. The molecule has 0 spiro atoms. The van der Waals surface area contributed by atoms with E-state index in [1.165, 1.54) is 4.90 Å². The molecule has 1 saturated heterocycles. The molecule has 2 N–H and O–H groups in total. The van der Waals surface area contributed by atoms with Crippen LogP contribution in [0.4, 0.5) is 10.6 Å². The number of hydrogen-bond acceptors (Lipinski definition) is 3. The second kappa shape index (κ2) is 5.56. The minimum atomic E-state index is -0.854. The number of halogens is 1. The lowest BCUT2D eigenvalue weighted by molar-refractivity contribution is -0.141. The second-order valence-electron chi connectivity index (χ2n) is 4.46. The summed E-state index contributed by atoms with van der Waals surface area (Å²) in [5.74, 6) is -0.859. The van der Waals surface area contributed by atoms with Crippen molar-refractivity contribution in [3.8, 4) is 0 Å². The lowest BCUT2D eigenvalue weighted by Crippen LogP contribution is -2.34. The smallest absolute Gasteiger partial charge is 0.323 e. The number of anilines is 1. The number of nitrogens with one attached hydrogen (secondary N) is 1. The first-order valence-corrected chi connectivity index (χ1v) is 6.68. The van der Waals surface area contributed by atoms with Crippen LogP contribution in [0.1, 0.15) is 12.1 Å². The van der Waals surface area contributed by atoms with Crippen LogP contribution in [-0.2, 0) is 4.79 Å². The van der Waals surface area contributed by atoms with Gasteiger partial charge in [0.2, 0.25) is 0 Å². The van der Waals surface area contributed by atoms with Gasteiger partial charge < -0.3 is 10.0 Å². The van der Waals surface area contributed by atoms with E-state index in [1.807, 2.05) is 13.0 Å². The van der Waals surface area contributed by atoms with E-state index in [0.717, 1.165) is 10.2 Å². The van der Waals surface area contributed by atoms with Gasteiger partial charge in [0.15, 0.2) is 0 Å². The minimum absolute atomic E-state index is 0.247. The lowest BCUT2D eigenvalue weighted by atomic mass is 10.1. The predicted molar refractivity (Wildman–Crippen MR) is 73.0 cm³/mol. The number of carboxylic acids is 1. The van der Waals surface area contributed by atoms with Gasteiger partial charge in [0, 0.05) is 17.6 Å². The van der Waals surface area contributed by atoms with Crippen LogP contribution in [0, 0.1) is 12.8 Å². The zero-order valence-corrected chi connectivity index (χ0v) is 12.0. The molecular weight excluding hydrogens is 314 g/mol. The van der Waals surface area contributed by atoms with Crippen LogP contribution in [0.5, 0.6) is 0 Å². The summed E-state index contributed by atoms with van der Waals surface area (Å²) >= 11 is 3.33. The number of amides is 2. The third-order valence-electron chi connectivity index (χ3n) is 3.08. The highest BCUT2D eigenvalue weighted by Crippen LogP contribution is 2.19. The molecule has 1 unspecified atom stereocenters. The predicted octanol–water partition coefficient (Wildman–Crippen LogP) is 2.09. The van der Waals surface area contributed by atoms with Crippen molar-refractivity contribution < 1.29 is 14.7 Å². The Morgan fingerprint density at radius 2 is 2.26 bits per heavy atom. The van der Waals surface area contributed by atoms with Crippen molar-refractivity contribution in [2.24, 2.45) is 5.92 Å². The molecule has 102 valence electrons. The third-order valence-corrected chi connectivity index (χ3v) is 3.92. The number of rotatable bonds is 2. The molecule has 19 heavy (non-hydrogen) atoms. The highest BCUT2D eigenvalue weighted by Gasteiger charge is 2.30. The molecule has 1 aliphatic heterocycles. The van der Waals surface area contributed by atoms with Gasteiger partial charge in [-0.15, -0.1) is 0 Å². The van der Waals surface area contributed by atoms with Gasteiger partial charge in [0.25, 0.3) is 0 Å². The first kappa shape index (κ1) is 13.8. The first-order valence-electron chi connectivity index (χ1n) is 5.89. The molecule has 1 aromatic rings. The van der Waals surface area contributed by atoms with Crippen LogP contribution in [0.2, 0.25) is 0 Å². The van der Waals surface area contributed by atoms with Gasteiger partial charge in [0.1, 0.15) is 5.82 Å². The molecule has 0 saturated carbocycles. The van der Waals surface area contributed by atoms with Crippen molar-refractivity contribution >= 4 is 33.7 Å². The van der Waals surface area contributed by atoms with Crippen LogP contribution >= 0.6 is 15.9 Å². The molecule has 6 nitrogen and oxygen atoms in total. The van der Waals surface area contributed by atoms with E-state index >= 15 is 0 Å². The van der Waals surface area contributed by atoms with Gasteiger partial charge in [-0.05, 0) is 41.4 Å². The molecule has 0 radical (unpaired) electrons. The number of carboxylic acid groups (broad SMARTS) is 1. The minimum Gasteiger partial charge on any atom is -0.481 e. The summed E-state index contributed by atoms with van der Waals surface area (Å²) in [6, 6.07) is 3.19. The lowest BCUT2D eigenvalue weighted by Gasteiger charge is -2.16. The van der Waals surface area contributed by atoms with E-state index in [4.69, 9.17) is 5.11 Å². The Kier molecular flexibility index (Phi) is 4.04. The number of aliphatic carboxylic acids is 1. The first-order chi connectivity index (χ1) is 8.97. The number of urea groups is 1. The van der Waals surface area contributed by atoms with Gasteiger partial charge in [-0.3, -0.25) is 10.1 Å². The number of pyridine rings is 1. The van der Waals surface area contributed by atoms with E-state index in [1.54, 1.807) is 6.07 Å². The molecule has 7 heteroatoms. The fourth-order valence-corrected chi connectivity index (χ4v) is 2.17. The molecule has 2 rings (SSSR count). The van der Waals surface area contributed by atoms with Crippen molar-refractivity contribution in [3.05, 3.63) is 22.3 Å². The maximum Gasteiger partial charge on any atom is 0.323 e. The molecule has 1 atom stereocenters. The SMILES string of the molecule is Cc1nc(NC(=O)N2CCC(C(=O)O)C2)ccc1Br. The van der Waals surface area contributed by atoms with Crippen molar-refractivity contribution in [1.29, 1.82) is 0 Å². The average molecular weight is 328 g/mol. The van der Waals surface area contributed by atoms with Crippen LogP contribution in [0.15, 0.2) is 16.6 Å². The maximum atomic E-state index is 11.9. The number of aromatic nitrogens is 1. The molecule has 1 aromatic heterocycles. The fraction of sp³-hybridized carbons (Fsp3) is 0.417. The number of hydrogen-bond donors (Lipinski definition) is 2. The number of nitrogens with zero attached hydrogens (tertiary/aromatic N) is 2. The molecular formula is C12H14BrN3O3. The summed E-state index contributed by atoms with van der Waals surface area (Å²) in [5.41, 5.74) is 0.780. The molecule has 0 aromatic carbocycles. The summed E-state index contributed by atoms with van der Waals surface area (Å²) in [5, 5.41) is 11.6. The van der Waals surface area contributed by atoms with Crippen LogP contribution in [-0.4, -0.2) is 40.1 Å². The highest BCUT2D eigenvalue weighted by atomic mass is 79.9. The standard InChI is InChI=1S/C12H14BrN3O3/c1-7-9(13)2-3-10(14-7)15-12(19)16-5-4-8(6-16)11(17)18/h2-3,8H,4-6H2,1H3,(H,17,18)(H,14,15,19). The molecule has 0 aliphatic carbocycles. The Morgan fingerprint density at radius 1 is 1.53 bits per heavy atom. The van der Waals surface area contributed by atoms with Crippen molar-refractivity contribution in [1.82, 2.24) is 9.88 Å². The third kappa shape index (κ3) is 3.23. The van der Waals surface area contributed by atoms with Gasteiger partial charge in [-0.2, -0.15) is 0 Å². The summed E-state index contributed by atoms with van der Waals surface area (Å²) in [4.78, 5) is 28.5. The van der Waals surface area contributed by atoms with E-state index < -0.39 is 11.9 Å². The zero-order valence-electron chi connectivity index (χ0n) is 10.4. The van der Waals surface area contributed by atoms with Crippen molar-refractivity contribution in [2.45, 2.75) is 13.3 Å². The Morgan fingerprint density at radius 3 is 2.84 bits per heavy atom. The van der Waals surface area contributed by atoms with Crippen molar-refractivity contribution in [3.63, 3.8) is 0 Å². The van der Waals surface area contributed by atoms with E-state index in [0.29, 0.717) is 18.8 Å². The number of carbonyl (C=O) groups excluding carboxylic acids is 1. The monoisotopic (exact) mass is 327 g/mol.